The number of para-hydroxylation sites is 2. The maximum Gasteiger partial charge on any atom is 0.453 e. The molecule has 1 aromatic heterocycles. The molecule has 28 heavy (non-hydrogen) atoms. The smallest absolute Gasteiger partial charge is 0.453 e. The lowest BCUT2D eigenvalue weighted by atomic mass is 9.86. The van der Waals surface area contributed by atoms with Crippen LogP contribution in [0.15, 0.2) is 75.1 Å². The highest BCUT2D eigenvalue weighted by molar-refractivity contribution is 7.32. The standard InChI is InChI=1S/C23H23O4P/c1-23(2,3)19-15-16(24-4)13-14-22(19)27-28-25-20-11-7-5-9-17(20)18-10-6-8-12-21(18)26-28/h5-15H,1-4H3. The predicted octanol–water partition coefficient (Wildman–Crippen LogP) is 7.44. The van der Waals surface area contributed by atoms with Crippen LogP contribution in [0.2, 0.25) is 0 Å². The summed E-state index contributed by atoms with van der Waals surface area (Å²) < 4.78 is 24.0. The quantitative estimate of drug-likeness (QED) is 0.362. The van der Waals surface area contributed by atoms with E-state index in [0.717, 1.165) is 39.0 Å². The van der Waals surface area contributed by atoms with Gasteiger partial charge >= 0.3 is 8.24 Å². The van der Waals surface area contributed by atoms with Crippen LogP contribution in [0.4, 0.5) is 0 Å². The van der Waals surface area contributed by atoms with Crippen molar-refractivity contribution < 1.29 is 17.7 Å². The van der Waals surface area contributed by atoms with E-state index in [9.17, 15) is 0 Å². The van der Waals surface area contributed by atoms with Gasteiger partial charge in [-0.05, 0) is 35.7 Å². The molecule has 1 heterocycles. The third-order valence-electron chi connectivity index (χ3n) is 4.58. The maximum atomic E-state index is 6.27. The Morgan fingerprint density at radius 3 is 1.89 bits per heavy atom. The molecule has 0 N–H and O–H groups in total. The van der Waals surface area contributed by atoms with Gasteiger partial charge in [0.1, 0.15) is 22.7 Å². The molecule has 0 spiro atoms. The van der Waals surface area contributed by atoms with Gasteiger partial charge in [-0.25, -0.2) is 0 Å². The van der Waals surface area contributed by atoms with E-state index < -0.39 is 8.24 Å². The summed E-state index contributed by atoms with van der Waals surface area (Å²) in [5.74, 6) is 1.53. The number of ether oxygens (including phenoxy) is 1. The molecule has 0 saturated carbocycles. The first-order valence-corrected chi connectivity index (χ1v) is 10.3. The maximum absolute atomic E-state index is 6.27. The zero-order chi connectivity index (χ0) is 19.7. The van der Waals surface area contributed by atoms with E-state index in [1.165, 1.54) is 0 Å². The summed E-state index contributed by atoms with van der Waals surface area (Å²) >= 11 is 0. The van der Waals surface area contributed by atoms with E-state index in [0.29, 0.717) is 0 Å². The summed E-state index contributed by atoms with van der Waals surface area (Å²) in [5, 5.41) is 2.00. The van der Waals surface area contributed by atoms with Gasteiger partial charge in [-0.3, -0.25) is 0 Å². The molecule has 0 aliphatic heterocycles. The van der Waals surface area contributed by atoms with Gasteiger partial charge in [0.2, 0.25) is 0 Å². The van der Waals surface area contributed by atoms with Crippen LogP contribution in [-0.2, 0) is 5.41 Å². The summed E-state index contributed by atoms with van der Waals surface area (Å²) in [4.78, 5) is 0. The molecule has 5 heteroatoms. The molecule has 4 nitrogen and oxygen atoms in total. The van der Waals surface area contributed by atoms with E-state index in [-0.39, 0.29) is 5.41 Å². The predicted molar refractivity (Wildman–Crippen MR) is 114 cm³/mol. The topological polar surface area (TPSA) is 44.7 Å². The van der Waals surface area contributed by atoms with Gasteiger partial charge in [-0.1, -0.05) is 57.2 Å². The molecular formula is C23H23O4P. The average Bonchev–Trinajstić information content (AvgIpc) is 2.83. The Labute approximate surface area is 165 Å². The fraction of sp³-hybridized carbons (Fsp3) is 0.217. The molecule has 0 radical (unpaired) electrons. The molecule has 0 aliphatic rings. The van der Waals surface area contributed by atoms with Gasteiger partial charge in [0, 0.05) is 16.3 Å². The Morgan fingerprint density at radius 1 is 0.786 bits per heavy atom. The highest BCUT2D eigenvalue weighted by atomic mass is 31.1. The van der Waals surface area contributed by atoms with E-state index in [1.807, 2.05) is 66.7 Å². The summed E-state index contributed by atoms with van der Waals surface area (Å²) in [7, 11) is -0.00146. The second-order valence-electron chi connectivity index (χ2n) is 7.60. The monoisotopic (exact) mass is 394 g/mol. The highest BCUT2D eigenvalue weighted by Gasteiger charge is 2.21. The molecule has 0 bridgehead atoms. The van der Waals surface area contributed by atoms with E-state index in [1.54, 1.807) is 7.11 Å². The SMILES string of the molecule is COc1ccc(Op2oc3ccccc3c3ccccc3o2)c(C(C)(C)C)c1. The number of benzene rings is 3. The minimum atomic E-state index is -1.67. The van der Waals surface area contributed by atoms with E-state index >= 15 is 0 Å². The Balaban J connectivity index is 1.91. The number of methoxy groups -OCH3 is 1. The van der Waals surface area contributed by atoms with Crippen molar-refractivity contribution in [3.63, 3.8) is 0 Å². The van der Waals surface area contributed by atoms with Crippen LogP contribution < -0.4 is 9.26 Å². The number of hydrogen-bond donors (Lipinski definition) is 0. The Kier molecular flexibility index (Phi) is 4.82. The number of hydrogen-bond acceptors (Lipinski definition) is 4. The summed E-state index contributed by atoms with van der Waals surface area (Å²) in [6.07, 6.45) is 0. The van der Waals surface area contributed by atoms with Gasteiger partial charge in [-0.2, -0.15) is 0 Å². The van der Waals surface area contributed by atoms with Gasteiger partial charge in [0.05, 0.1) is 7.11 Å². The van der Waals surface area contributed by atoms with Crippen LogP contribution in [0.25, 0.3) is 21.9 Å². The zero-order valence-corrected chi connectivity index (χ0v) is 17.3. The van der Waals surface area contributed by atoms with Crippen molar-refractivity contribution in [2.24, 2.45) is 0 Å². The first-order valence-electron chi connectivity index (χ1n) is 9.17. The molecule has 4 aromatic rings. The minimum Gasteiger partial charge on any atom is -0.497 e. The lowest BCUT2D eigenvalue weighted by molar-refractivity contribution is 0.410. The third-order valence-corrected chi connectivity index (χ3v) is 5.61. The minimum absolute atomic E-state index is 0.124. The fourth-order valence-corrected chi connectivity index (χ4v) is 4.21. The summed E-state index contributed by atoms with van der Waals surface area (Å²) in [5.41, 5.74) is 2.42. The first kappa shape index (κ1) is 18.5. The van der Waals surface area contributed by atoms with Crippen LogP contribution >= 0.6 is 8.24 Å². The van der Waals surface area contributed by atoms with Gasteiger partial charge < -0.3 is 17.7 Å². The van der Waals surface area contributed by atoms with Crippen LogP contribution in [0.3, 0.4) is 0 Å². The van der Waals surface area contributed by atoms with Crippen LogP contribution in [0, 0.1) is 0 Å². The second kappa shape index (κ2) is 7.29. The largest absolute Gasteiger partial charge is 0.497 e. The van der Waals surface area contributed by atoms with Crippen molar-refractivity contribution in [2.75, 3.05) is 7.11 Å². The molecule has 0 aliphatic carbocycles. The number of fused-ring (bicyclic) bond motifs is 3. The summed E-state index contributed by atoms with van der Waals surface area (Å²) in [6, 6.07) is 21.7. The van der Waals surface area contributed by atoms with Crippen molar-refractivity contribution in [2.45, 2.75) is 26.2 Å². The van der Waals surface area contributed by atoms with Gasteiger partial charge in [0.25, 0.3) is 0 Å². The molecule has 3 aromatic carbocycles. The second-order valence-corrected chi connectivity index (χ2v) is 8.60. The Bertz CT molecular complexity index is 1110. The molecule has 0 saturated heterocycles. The molecular weight excluding hydrogens is 371 g/mol. The van der Waals surface area contributed by atoms with Gasteiger partial charge in [0.15, 0.2) is 0 Å². The zero-order valence-electron chi connectivity index (χ0n) is 16.4. The fourth-order valence-electron chi connectivity index (χ4n) is 3.14. The Hall–Kier alpha value is -2.84. The average molecular weight is 394 g/mol. The molecule has 0 amide bonds. The lowest BCUT2D eigenvalue weighted by Gasteiger charge is -2.22. The normalized spacial score (nSPS) is 11.6. The molecule has 4 rings (SSSR count). The first-order chi connectivity index (χ1) is 13.5. The van der Waals surface area contributed by atoms with Crippen LogP contribution in [-0.4, -0.2) is 7.11 Å². The third kappa shape index (κ3) is 3.61. The molecule has 0 unspecified atom stereocenters. The number of rotatable bonds is 3. The van der Waals surface area contributed by atoms with Crippen LogP contribution in [0.1, 0.15) is 26.3 Å². The van der Waals surface area contributed by atoms with E-state index in [2.05, 4.69) is 20.8 Å². The highest BCUT2D eigenvalue weighted by Crippen LogP contribution is 2.41. The lowest BCUT2D eigenvalue weighted by Crippen LogP contribution is -2.12. The van der Waals surface area contributed by atoms with Crippen molar-refractivity contribution in [1.29, 1.82) is 0 Å². The van der Waals surface area contributed by atoms with Crippen molar-refractivity contribution in [3.05, 3.63) is 72.3 Å². The summed E-state index contributed by atoms with van der Waals surface area (Å²) in [6.45, 7) is 6.42. The van der Waals surface area contributed by atoms with Crippen molar-refractivity contribution in [1.82, 2.24) is 0 Å². The van der Waals surface area contributed by atoms with E-state index in [4.69, 9.17) is 17.7 Å². The Morgan fingerprint density at radius 2 is 1.36 bits per heavy atom. The molecule has 144 valence electrons. The van der Waals surface area contributed by atoms with Crippen molar-refractivity contribution >= 4 is 30.2 Å². The van der Waals surface area contributed by atoms with Gasteiger partial charge in [-0.15, -0.1) is 0 Å². The molecule has 0 fully saturated rings. The van der Waals surface area contributed by atoms with Crippen LogP contribution in [0.5, 0.6) is 11.5 Å². The van der Waals surface area contributed by atoms with Crippen molar-refractivity contribution in [3.8, 4) is 11.5 Å². The molecule has 0 atom stereocenters.